The van der Waals surface area contributed by atoms with Gasteiger partial charge in [-0.1, -0.05) is 30.3 Å². The van der Waals surface area contributed by atoms with E-state index in [4.69, 9.17) is 5.11 Å². The molecular formula is C21H24N6O3. The SMILES string of the molecule is CNc1cc(-c2cc(NC(=O)C(Cc3ccccc3)NCC(=O)O)n(C)n2)ccn1. The molecule has 0 bridgehead atoms. The third-order valence-electron chi connectivity index (χ3n) is 4.54. The molecule has 0 aliphatic rings. The Kier molecular flexibility index (Phi) is 6.76. The van der Waals surface area contributed by atoms with Crippen LogP contribution >= 0.6 is 0 Å². The van der Waals surface area contributed by atoms with E-state index in [1.165, 1.54) is 0 Å². The van der Waals surface area contributed by atoms with Crippen LogP contribution in [0.15, 0.2) is 54.7 Å². The number of pyridine rings is 1. The Morgan fingerprint density at radius 1 is 1.17 bits per heavy atom. The molecule has 1 unspecified atom stereocenters. The van der Waals surface area contributed by atoms with E-state index in [-0.39, 0.29) is 12.5 Å². The van der Waals surface area contributed by atoms with Crippen molar-refractivity contribution in [2.24, 2.45) is 7.05 Å². The number of aliphatic carboxylic acids is 1. The fourth-order valence-electron chi connectivity index (χ4n) is 2.98. The number of hydrogen-bond donors (Lipinski definition) is 4. The molecule has 0 fully saturated rings. The molecule has 30 heavy (non-hydrogen) atoms. The van der Waals surface area contributed by atoms with Crippen LogP contribution in [0.3, 0.4) is 0 Å². The summed E-state index contributed by atoms with van der Waals surface area (Å²) in [7, 11) is 3.52. The van der Waals surface area contributed by atoms with Gasteiger partial charge in [-0.15, -0.1) is 0 Å². The fourth-order valence-corrected chi connectivity index (χ4v) is 2.98. The van der Waals surface area contributed by atoms with E-state index in [0.29, 0.717) is 23.8 Å². The zero-order valence-electron chi connectivity index (χ0n) is 16.8. The zero-order chi connectivity index (χ0) is 21.5. The van der Waals surface area contributed by atoms with Crippen LogP contribution < -0.4 is 16.0 Å². The van der Waals surface area contributed by atoms with Gasteiger partial charge in [0.2, 0.25) is 5.91 Å². The second kappa shape index (κ2) is 9.66. The van der Waals surface area contributed by atoms with Gasteiger partial charge in [0.25, 0.3) is 0 Å². The van der Waals surface area contributed by atoms with Crippen LogP contribution in [0, 0.1) is 0 Å². The van der Waals surface area contributed by atoms with E-state index in [9.17, 15) is 9.59 Å². The maximum Gasteiger partial charge on any atom is 0.317 e. The summed E-state index contributed by atoms with van der Waals surface area (Å²) in [5.74, 6) is -0.139. The third-order valence-corrected chi connectivity index (χ3v) is 4.54. The smallest absolute Gasteiger partial charge is 0.317 e. The number of benzene rings is 1. The first-order valence-corrected chi connectivity index (χ1v) is 9.44. The summed E-state index contributed by atoms with van der Waals surface area (Å²) in [5, 5.41) is 22.1. The van der Waals surface area contributed by atoms with Gasteiger partial charge in [0, 0.05) is 31.9 Å². The predicted octanol–water partition coefficient (Wildman–Crippen LogP) is 1.75. The molecule has 1 amide bonds. The van der Waals surface area contributed by atoms with Gasteiger partial charge in [-0.3, -0.25) is 19.6 Å². The van der Waals surface area contributed by atoms with Gasteiger partial charge < -0.3 is 15.7 Å². The number of carbonyl (C=O) groups excluding carboxylic acids is 1. The number of nitrogens with one attached hydrogen (secondary N) is 3. The number of amides is 1. The summed E-state index contributed by atoms with van der Waals surface area (Å²) in [6.45, 7) is -0.314. The van der Waals surface area contributed by atoms with Gasteiger partial charge in [-0.2, -0.15) is 5.10 Å². The molecular weight excluding hydrogens is 384 g/mol. The molecule has 9 nitrogen and oxygen atoms in total. The Hall–Kier alpha value is -3.72. The van der Waals surface area contributed by atoms with E-state index in [2.05, 4.69) is 26.0 Å². The average Bonchev–Trinajstić information content (AvgIpc) is 3.12. The largest absolute Gasteiger partial charge is 0.480 e. The van der Waals surface area contributed by atoms with Crippen molar-refractivity contribution >= 4 is 23.5 Å². The molecule has 3 aromatic rings. The van der Waals surface area contributed by atoms with Crippen molar-refractivity contribution in [3.63, 3.8) is 0 Å². The van der Waals surface area contributed by atoms with Crippen molar-refractivity contribution in [2.75, 3.05) is 24.2 Å². The van der Waals surface area contributed by atoms with Crippen molar-refractivity contribution in [1.82, 2.24) is 20.1 Å². The number of carbonyl (C=O) groups is 2. The quantitative estimate of drug-likeness (QED) is 0.426. The average molecular weight is 408 g/mol. The normalized spacial score (nSPS) is 11.7. The van der Waals surface area contributed by atoms with E-state index in [0.717, 1.165) is 11.1 Å². The van der Waals surface area contributed by atoms with E-state index in [1.807, 2.05) is 42.5 Å². The molecule has 0 spiro atoms. The lowest BCUT2D eigenvalue weighted by atomic mass is 10.1. The Labute approximate surface area is 174 Å². The number of nitrogens with zero attached hydrogens (tertiary/aromatic N) is 3. The predicted molar refractivity (Wildman–Crippen MR) is 114 cm³/mol. The first-order valence-electron chi connectivity index (χ1n) is 9.44. The molecule has 0 saturated heterocycles. The lowest BCUT2D eigenvalue weighted by molar-refractivity contribution is -0.136. The number of hydrogen-bond acceptors (Lipinski definition) is 6. The maximum atomic E-state index is 12.9. The van der Waals surface area contributed by atoms with E-state index < -0.39 is 12.0 Å². The second-order valence-electron chi connectivity index (χ2n) is 6.72. The van der Waals surface area contributed by atoms with Crippen LogP contribution in [0.1, 0.15) is 5.56 Å². The number of carboxylic acid groups (broad SMARTS) is 1. The Morgan fingerprint density at radius 2 is 1.93 bits per heavy atom. The van der Waals surface area contributed by atoms with Gasteiger partial charge in [0.15, 0.2) is 0 Å². The summed E-state index contributed by atoms with van der Waals surface area (Å²) in [4.78, 5) is 28.1. The zero-order valence-corrected chi connectivity index (χ0v) is 16.8. The molecule has 1 atom stereocenters. The van der Waals surface area contributed by atoms with Gasteiger partial charge in [0.1, 0.15) is 11.6 Å². The van der Waals surface area contributed by atoms with E-state index >= 15 is 0 Å². The Balaban J connectivity index is 1.77. The molecule has 1 aromatic carbocycles. The molecule has 0 aliphatic carbocycles. The number of anilines is 2. The maximum absolute atomic E-state index is 12.9. The van der Waals surface area contributed by atoms with Gasteiger partial charge >= 0.3 is 5.97 Å². The molecule has 4 N–H and O–H groups in total. The number of aryl methyl sites for hydroxylation is 1. The Morgan fingerprint density at radius 3 is 2.63 bits per heavy atom. The van der Waals surface area contributed by atoms with Crippen molar-refractivity contribution in [3.05, 3.63) is 60.3 Å². The number of rotatable bonds is 9. The molecule has 0 aliphatic heterocycles. The molecule has 3 rings (SSSR count). The monoisotopic (exact) mass is 408 g/mol. The molecule has 9 heteroatoms. The summed E-state index contributed by atoms with van der Waals surface area (Å²) in [6, 6.07) is 14.2. The third kappa shape index (κ3) is 5.42. The highest BCUT2D eigenvalue weighted by Crippen LogP contribution is 2.23. The second-order valence-corrected chi connectivity index (χ2v) is 6.72. The van der Waals surface area contributed by atoms with Gasteiger partial charge in [0.05, 0.1) is 18.3 Å². The fraction of sp³-hybridized carbons (Fsp3) is 0.238. The molecule has 156 valence electrons. The van der Waals surface area contributed by atoms with Crippen molar-refractivity contribution in [1.29, 1.82) is 0 Å². The van der Waals surface area contributed by atoms with Crippen molar-refractivity contribution < 1.29 is 14.7 Å². The summed E-state index contributed by atoms with van der Waals surface area (Å²) < 4.78 is 1.57. The van der Waals surface area contributed by atoms with Crippen LogP contribution in [-0.4, -0.2) is 51.4 Å². The minimum absolute atomic E-state index is 0.314. The lowest BCUT2D eigenvalue weighted by Gasteiger charge is -2.17. The van der Waals surface area contributed by atoms with Crippen molar-refractivity contribution in [3.8, 4) is 11.3 Å². The lowest BCUT2D eigenvalue weighted by Crippen LogP contribution is -2.44. The first-order chi connectivity index (χ1) is 14.5. The van der Waals surface area contributed by atoms with Crippen LogP contribution in [-0.2, 0) is 23.1 Å². The standard InChI is InChI=1S/C21H24N6O3/c1-22-18-11-15(8-9-23-18)16-12-19(27(2)26-16)25-21(30)17(24-13-20(28)29)10-14-6-4-3-5-7-14/h3-9,11-12,17,24H,10,13H2,1-2H3,(H,22,23)(H,25,30)(H,28,29). The number of carboxylic acids is 1. The molecule has 0 saturated carbocycles. The van der Waals surface area contributed by atoms with E-state index in [1.54, 1.807) is 31.0 Å². The first kappa shape index (κ1) is 21.0. The Bertz CT molecular complexity index is 1020. The molecule has 2 aromatic heterocycles. The van der Waals surface area contributed by atoms with Crippen LogP contribution in [0.5, 0.6) is 0 Å². The summed E-state index contributed by atoms with van der Waals surface area (Å²) >= 11 is 0. The minimum Gasteiger partial charge on any atom is -0.480 e. The number of aromatic nitrogens is 3. The van der Waals surface area contributed by atoms with Crippen LogP contribution in [0.4, 0.5) is 11.6 Å². The van der Waals surface area contributed by atoms with Crippen LogP contribution in [0.2, 0.25) is 0 Å². The summed E-state index contributed by atoms with van der Waals surface area (Å²) in [5.41, 5.74) is 2.47. The molecule has 0 radical (unpaired) electrons. The topological polar surface area (TPSA) is 121 Å². The summed E-state index contributed by atoms with van der Waals surface area (Å²) in [6.07, 6.45) is 2.04. The highest BCUT2D eigenvalue weighted by molar-refractivity contribution is 5.95. The van der Waals surface area contributed by atoms with Gasteiger partial charge in [-0.25, -0.2) is 4.98 Å². The van der Waals surface area contributed by atoms with Crippen molar-refractivity contribution in [2.45, 2.75) is 12.5 Å². The minimum atomic E-state index is -1.03. The van der Waals surface area contributed by atoms with Gasteiger partial charge in [-0.05, 0) is 24.1 Å². The highest BCUT2D eigenvalue weighted by Gasteiger charge is 2.21. The van der Waals surface area contributed by atoms with Crippen LogP contribution in [0.25, 0.3) is 11.3 Å². The highest BCUT2D eigenvalue weighted by atomic mass is 16.4. The molecule has 2 heterocycles.